The third-order valence-electron chi connectivity index (χ3n) is 7.35. The largest absolute Gasteiger partial charge is 0.456 e. The van der Waals surface area contributed by atoms with E-state index in [4.69, 9.17) is 10.8 Å². The normalized spacial score (nSPS) is 12.1. The maximum absolute atomic E-state index is 8.12. The number of hydrogen-bond acceptors (Lipinski definition) is 3. The predicted molar refractivity (Wildman–Crippen MR) is 159 cm³/mol. The molecular weight excluding hydrogens is 464 g/mol. The van der Waals surface area contributed by atoms with Crippen LogP contribution in [0.3, 0.4) is 0 Å². The van der Waals surface area contributed by atoms with Crippen LogP contribution < -0.4 is 4.90 Å². The van der Waals surface area contributed by atoms with E-state index in [-0.39, 0.29) is 0 Å². The average Bonchev–Trinajstić information content (AvgIpc) is 3.32. The molecule has 0 bridgehead atoms. The van der Waals surface area contributed by atoms with Crippen molar-refractivity contribution in [2.45, 2.75) is 0 Å². The first-order chi connectivity index (χ1) is 19.2. The highest BCUT2D eigenvalue weighted by Gasteiger charge is 2.17. The van der Waals surface area contributed by atoms with Gasteiger partial charge in [0.25, 0.3) is 0 Å². The molecule has 0 spiro atoms. The number of furan rings is 1. The van der Waals surface area contributed by atoms with Gasteiger partial charge in [0.15, 0.2) is 0 Å². The molecule has 0 N–H and O–H groups in total. The topological polar surface area (TPSA) is 29.3 Å². The second-order valence-electron chi connectivity index (χ2n) is 9.66. The van der Waals surface area contributed by atoms with E-state index in [1.807, 2.05) is 18.3 Å². The highest BCUT2D eigenvalue weighted by molar-refractivity contribution is 6.11. The van der Waals surface area contributed by atoms with Gasteiger partial charge in [-0.1, -0.05) is 78.8 Å². The Hall–Kier alpha value is -5.15. The van der Waals surface area contributed by atoms with E-state index in [0.717, 1.165) is 60.7 Å². The van der Waals surface area contributed by atoms with Crippen LogP contribution in [0.1, 0.15) is 1.37 Å². The van der Waals surface area contributed by atoms with Crippen molar-refractivity contribution < 1.29 is 5.79 Å². The van der Waals surface area contributed by atoms with Crippen LogP contribution in [0.2, 0.25) is 0 Å². The van der Waals surface area contributed by atoms with E-state index in [2.05, 4.69) is 108 Å². The quantitative estimate of drug-likeness (QED) is 0.248. The Balaban J connectivity index is 1.35. The molecule has 0 saturated carbocycles. The van der Waals surface area contributed by atoms with E-state index < -0.39 is 0 Å². The molecule has 2 aromatic heterocycles. The van der Waals surface area contributed by atoms with Gasteiger partial charge in [-0.15, -0.1) is 0 Å². The summed E-state index contributed by atoms with van der Waals surface area (Å²) in [6.07, 6.45) is 1.88. The van der Waals surface area contributed by atoms with Crippen molar-refractivity contribution in [2.24, 2.45) is 0 Å². The Morgan fingerprint density at radius 2 is 1.18 bits per heavy atom. The van der Waals surface area contributed by atoms with E-state index in [0.29, 0.717) is 6.04 Å². The minimum atomic E-state index is 0.480. The Morgan fingerprint density at radius 1 is 0.526 bits per heavy atom. The zero-order valence-corrected chi connectivity index (χ0v) is 20.4. The average molecular weight is 488 g/mol. The predicted octanol–water partition coefficient (Wildman–Crippen LogP) is 9.91. The molecule has 8 aromatic rings. The van der Waals surface area contributed by atoms with Crippen molar-refractivity contribution in [1.29, 1.82) is 0 Å². The van der Waals surface area contributed by atoms with Gasteiger partial charge in [-0.05, 0) is 69.4 Å². The van der Waals surface area contributed by atoms with E-state index in [1.165, 1.54) is 10.8 Å². The monoisotopic (exact) mass is 487 g/mol. The molecule has 3 heteroatoms. The van der Waals surface area contributed by atoms with Crippen molar-refractivity contribution in [3.63, 3.8) is 0 Å². The van der Waals surface area contributed by atoms with Gasteiger partial charge in [-0.25, -0.2) is 4.98 Å². The third kappa shape index (κ3) is 3.33. The summed E-state index contributed by atoms with van der Waals surface area (Å²) in [5.74, 6) is 0.782. The van der Waals surface area contributed by atoms with Crippen LogP contribution in [0.5, 0.6) is 0 Å². The number of hydrogen-bond donors (Lipinski definition) is 0. The van der Waals surface area contributed by atoms with E-state index in [1.54, 1.807) is 6.07 Å². The molecule has 8 rings (SSSR count). The molecule has 38 heavy (non-hydrogen) atoms. The Labute approximate surface area is 220 Å². The second-order valence-corrected chi connectivity index (χ2v) is 9.66. The molecule has 3 nitrogen and oxygen atoms in total. The first kappa shape index (κ1) is 20.0. The number of benzene rings is 6. The minimum Gasteiger partial charge on any atom is -0.456 e. The molecule has 0 aliphatic heterocycles. The first-order valence-corrected chi connectivity index (χ1v) is 12.7. The summed E-state index contributed by atoms with van der Waals surface area (Å²) in [4.78, 5) is 7.02. The van der Waals surface area contributed by atoms with Gasteiger partial charge < -0.3 is 4.42 Å². The molecule has 0 unspecified atom stereocenters. The van der Waals surface area contributed by atoms with Crippen LogP contribution in [0, 0.1) is 0 Å². The number of pyridine rings is 1. The molecule has 2 heterocycles. The van der Waals surface area contributed by atoms with Crippen LogP contribution in [-0.4, -0.2) is 4.98 Å². The van der Waals surface area contributed by atoms with Gasteiger partial charge in [0.05, 0.1) is 7.06 Å². The Bertz CT molecular complexity index is 2220. The zero-order chi connectivity index (χ0) is 25.9. The molecule has 0 atom stereocenters. The van der Waals surface area contributed by atoms with Crippen LogP contribution in [0.15, 0.2) is 138 Å². The van der Waals surface area contributed by atoms with Crippen molar-refractivity contribution in [2.75, 3.05) is 4.90 Å². The van der Waals surface area contributed by atoms with Crippen molar-refractivity contribution in [3.05, 3.63) is 134 Å². The summed E-state index contributed by atoms with van der Waals surface area (Å²) in [5, 5.41) is 8.89. The zero-order valence-electron chi connectivity index (χ0n) is 21.4. The molecular formula is C35H22N2O. The maximum atomic E-state index is 8.12. The first-order valence-electron chi connectivity index (χ1n) is 13.2. The summed E-state index contributed by atoms with van der Waals surface area (Å²) in [6, 6.07) is 42.1. The maximum Gasteiger partial charge on any atom is 0.138 e. The fourth-order valence-corrected chi connectivity index (χ4v) is 5.45. The molecule has 0 radical (unpaired) electrons. The molecule has 0 amide bonds. The van der Waals surface area contributed by atoms with Crippen molar-refractivity contribution in [1.82, 2.24) is 4.98 Å². The van der Waals surface area contributed by atoms with Crippen LogP contribution in [-0.2, 0) is 0 Å². The fourth-order valence-electron chi connectivity index (χ4n) is 5.45. The van der Waals surface area contributed by atoms with Crippen molar-refractivity contribution >= 4 is 71.4 Å². The molecule has 6 aromatic carbocycles. The molecule has 178 valence electrons. The highest BCUT2D eigenvalue weighted by atomic mass is 16.3. The summed E-state index contributed by atoms with van der Waals surface area (Å²) >= 11 is 0. The van der Waals surface area contributed by atoms with Crippen LogP contribution >= 0.6 is 0 Å². The van der Waals surface area contributed by atoms with Gasteiger partial charge in [-0.3, -0.25) is 4.90 Å². The minimum absolute atomic E-state index is 0.480. The van der Waals surface area contributed by atoms with Gasteiger partial charge in [0.2, 0.25) is 0 Å². The van der Waals surface area contributed by atoms with Gasteiger partial charge >= 0.3 is 0 Å². The summed E-state index contributed by atoms with van der Waals surface area (Å²) in [7, 11) is 0. The lowest BCUT2D eigenvalue weighted by Gasteiger charge is -2.25. The second kappa shape index (κ2) is 8.19. The molecule has 0 aliphatic rings. The molecule has 0 saturated heterocycles. The number of aromatic nitrogens is 1. The van der Waals surface area contributed by atoms with Crippen LogP contribution in [0.4, 0.5) is 17.2 Å². The lowest BCUT2D eigenvalue weighted by Crippen LogP contribution is -2.11. The number of nitrogens with zero attached hydrogens (tertiary/aromatic N) is 2. The Kier molecular flexibility index (Phi) is 4.30. The molecule has 0 aliphatic carbocycles. The standard InChI is InChI=1S/C35H22N2O/c1-2-8-24-17-29(14-13-23(24)7-1)37(35-20-27-11-5-6-12-28(27)22-36-35)30-15-16-31-32-18-25-9-3-4-10-26(25)19-33(32)38-34(31)21-30/h1-22H/i5D. The fraction of sp³-hybridized carbons (Fsp3) is 0. The van der Waals surface area contributed by atoms with E-state index >= 15 is 0 Å². The smallest absolute Gasteiger partial charge is 0.138 e. The van der Waals surface area contributed by atoms with Gasteiger partial charge in [0.1, 0.15) is 17.0 Å². The van der Waals surface area contributed by atoms with E-state index in [9.17, 15) is 0 Å². The summed E-state index contributed by atoms with van der Waals surface area (Å²) < 4.78 is 14.5. The summed E-state index contributed by atoms with van der Waals surface area (Å²) in [5.41, 5.74) is 3.67. The molecule has 0 fully saturated rings. The van der Waals surface area contributed by atoms with Crippen LogP contribution in [0.25, 0.3) is 54.3 Å². The lowest BCUT2D eigenvalue weighted by molar-refractivity contribution is 0.669. The Morgan fingerprint density at radius 3 is 2.05 bits per heavy atom. The number of anilines is 3. The number of rotatable bonds is 3. The van der Waals surface area contributed by atoms with Gasteiger partial charge in [-0.2, -0.15) is 0 Å². The highest BCUT2D eigenvalue weighted by Crippen LogP contribution is 2.40. The lowest BCUT2D eigenvalue weighted by atomic mass is 10.1. The summed E-state index contributed by atoms with van der Waals surface area (Å²) in [6.45, 7) is 0. The SMILES string of the molecule is [2H]c1ccc2cnc(N(c3ccc4ccccc4c3)c3ccc4c(c3)oc3cc5ccccc5cc34)cc2c1. The number of fused-ring (bicyclic) bond motifs is 6. The third-order valence-corrected chi connectivity index (χ3v) is 7.35. The van der Waals surface area contributed by atoms with Crippen molar-refractivity contribution in [3.8, 4) is 0 Å². The van der Waals surface area contributed by atoms with Gasteiger partial charge in [0, 0.05) is 34.1 Å².